The van der Waals surface area contributed by atoms with Crippen LogP contribution in [0.4, 0.5) is 17.1 Å². The fourth-order valence-corrected chi connectivity index (χ4v) is 5.03. The summed E-state index contributed by atoms with van der Waals surface area (Å²) >= 11 is 0. The number of nitrogens with one attached hydrogen (secondary N) is 1. The molecule has 0 aliphatic carbocycles. The molecule has 1 aliphatic heterocycles. The number of hydrogen-bond acceptors (Lipinski definition) is 5. The second-order valence-corrected chi connectivity index (χ2v) is 10.2. The molecule has 8 heteroatoms. The smallest absolute Gasteiger partial charge is 0.247 e. The van der Waals surface area contributed by atoms with Crippen molar-refractivity contribution in [3.05, 3.63) is 53.6 Å². The van der Waals surface area contributed by atoms with Crippen molar-refractivity contribution in [1.82, 2.24) is 4.90 Å². The van der Waals surface area contributed by atoms with Gasteiger partial charge in [-0.05, 0) is 69.3 Å². The number of sulfonamides is 1. The first-order chi connectivity index (χ1) is 14.6. The number of benzene rings is 2. The van der Waals surface area contributed by atoms with E-state index in [1.54, 1.807) is 13.0 Å². The molecule has 1 aliphatic rings. The highest BCUT2D eigenvalue weighted by molar-refractivity contribution is 7.92. The molecule has 1 fully saturated rings. The summed E-state index contributed by atoms with van der Waals surface area (Å²) in [7, 11) is -1.54. The number of aryl methyl sites for hydroxylation is 2. The highest BCUT2D eigenvalue weighted by Gasteiger charge is 2.30. The van der Waals surface area contributed by atoms with Crippen LogP contribution in [-0.4, -0.2) is 64.7 Å². The Morgan fingerprint density at radius 2 is 1.65 bits per heavy atom. The van der Waals surface area contributed by atoms with E-state index in [0.717, 1.165) is 49.2 Å². The van der Waals surface area contributed by atoms with E-state index in [1.165, 1.54) is 4.31 Å². The molecule has 0 spiro atoms. The standard InChI is InChI=1S/C23H32N4O3S/c1-17-6-7-18(2)22(16-17)27(31(5,29)30)19(3)23(28)24-20-8-10-21(11-9-20)26-14-12-25(4)13-15-26/h6-11,16,19H,12-15H2,1-5H3,(H,24,28). The van der Waals surface area contributed by atoms with Crippen molar-refractivity contribution < 1.29 is 13.2 Å². The lowest BCUT2D eigenvalue weighted by Crippen LogP contribution is -2.45. The normalized spacial score (nSPS) is 16.1. The first-order valence-electron chi connectivity index (χ1n) is 10.5. The highest BCUT2D eigenvalue weighted by Crippen LogP contribution is 2.27. The third kappa shape index (κ3) is 5.57. The summed E-state index contributed by atoms with van der Waals surface area (Å²) in [5, 5.41) is 2.86. The van der Waals surface area contributed by atoms with Gasteiger partial charge in [-0.2, -0.15) is 0 Å². The van der Waals surface area contributed by atoms with E-state index in [1.807, 2.05) is 50.2 Å². The number of anilines is 3. The maximum Gasteiger partial charge on any atom is 0.247 e. The Balaban J connectivity index is 1.75. The maximum atomic E-state index is 13.0. The van der Waals surface area contributed by atoms with E-state index in [-0.39, 0.29) is 5.91 Å². The lowest BCUT2D eigenvalue weighted by atomic mass is 10.1. The molecule has 31 heavy (non-hydrogen) atoms. The maximum absolute atomic E-state index is 13.0. The van der Waals surface area contributed by atoms with Crippen LogP contribution in [0.15, 0.2) is 42.5 Å². The van der Waals surface area contributed by atoms with Gasteiger partial charge < -0.3 is 15.1 Å². The van der Waals surface area contributed by atoms with E-state index in [4.69, 9.17) is 0 Å². The molecule has 1 atom stereocenters. The number of carbonyl (C=O) groups excluding carboxylic acids is 1. The zero-order chi connectivity index (χ0) is 22.8. The predicted molar refractivity (Wildman–Crippen MR) is 127 cm³/mol. The molecule has 1 N–H and O–H groups in total. The molecule has 2 aromatic carbocycles. The lowest BCUT2D eigenvalue weighted by Gasteiger charge is -2.34. The van der Waals surface area contributed by atoms with Gasteiger partial charge in [0.05, 0.1) is 11.9 Å². The minimum absolute atomic E-state index is 0.376. The monoisotopic (exact) mass is 444 g/mol. The van der Waals surface area contributed by atoms with Crippen LogP contribution in [0.3, 0.4) is 0 Å². The van der Waals surface area contributed by atoms with Gasteiger partial charge in [0.1, 0.15) is 6.04 Å². The number of hydrogen-bond donors (Lipinski definition) is 1. The summed E-state index contributed by atoms with van der Waals surface area (Å²) in [4.78, 5) is 17.6. The molecule has 0 aromatic heterocycles. The van der Waals surface area contributed by atoms with Gasteiger partial charge in [0.25, 0.3) is 0 Å². The van der Waals surface area contributed by atoms with E-state index >= 15 is 0 Å². The molecule has 0 bridgehead atoms. The van der Waals surface area contributed by atoms with Crippen LogP contribution in [-0.2, 0) is 14.8 Å². The van der Waals surface area contributed by atoms with Crippen LogP contribution in [0.1, 0.15) is 18.1 Å². The molecule has 2 aromatic rings. The number of carbonyl (C=O) groups is 1. The Kier molecular flexibility index (Phi) is 6.91. The molecular formula is C23H32N4O3S. The Hall–Kier alpha value is -2.58. The Morgan fingerprint density at radius 3 is 2.23 bits per heavy atom. The average Bonchev–Trinajstić information content (AvgIpc) is 2.71. The van der Waals surface area contributed by atoms with Crippen LogP contribution in [0.2, 0.25) is 0 Å². The first-order valence-corrected chi connectivity index (χ1v) is 12.3. The molecule has 1 heterocycles. The SMILES string of the molecule is Cc1ccc(C)c(N(C(C)C(=O)Nc2ccc(N3CCN(C)CC3)cc2)S(C)(=O)=O)c1. The Bertz CT molecular complexity index is 1030. The van der Waals surface area contributed by atoms with Gasteiger partial charge in [-0.25, -0.2) is 8.42 Å². The fourth-order valence-electron chi connectivity index (χ4n) is 3.80. The summed E-state index contributed by atoms with van der Waals surface area (Å²) in [6.07, 6.45) is 1.13. The molecule has 7 nitrogen and oxygen atoms in total. The van der Waals surface area contributed by atoms with Gasteiger partial charge >= 0.3 is 0 Å². The van der Waals surface area contributed by atoms with Crippen molar-refractivity contribution in [3.63, 3.8) is 0 Å². The predicted octanol–water partition coefficient (Wildman–Crippen LogP) is 2.85. The molecule has 0 radical (unpaired) electrons. The van der Waals surface area contributed by atoms with Crippen molar-refractivity contribution in [1.29, 1.82) is 0 Å². The van der Waals surface area contributed by atoms with Gasteiger partial charge in [0.15, 0.2) is 0 Å². The van der Waals surface area contributed by atoms with Crippen LogP contribution >= 0.6 is 0 Å². The molecule has 1 unspecified atom stereocenters. The molecule has 1 amide bonds. The van der Waals surface area contributed by atoms with Crippen molar-refractivity contribution in [2.75, 3.05) is 54.0 Å². The molecule has 1 saturated heterocycles. The van der Waals surface area contributed by atoms with Crippen LogP contribution in [0.25, 0.3) is 0 Å². The van der Waals surface area contributed by atoms with Crippen molar-refractivity contribution in [2.45, 2.75) is 26.8 Å². The van der Waals surface area contributed by atoms with Crippen molar-refractivity contribution in [3.8, 4) is 0 Å². The quantitative estimate of drug-likeness (QED) is 0.742. The van der Waals surface area contributed by atoms with Crippen molar-refractivity contribution in [2.24, 2.45) is 0 Å². The molecule has 3 rings (SSSR count). The number of amides is 1. The van der Waals surface area contributed by atoms with Crippen LogP contribution in [0.5, 0.6) is 0 Å². The fraction of sp³-hybridized carbons (Fsp3) is 0.435. The van der Waals surface area contributed by atoms with E-state index in [9.17, 15) is 13.2 Å². The van der Waals surface area contributed by atoms with Gasteiger partial charge in [-0.15, -0.1) is 0 Å². The molecular weight excluding hydrogens is 412 g/mol. The Morgan fingerprint density at radius 1 is 1.03 bits per heavy atom. The molecule has 168 valence electrons. The minimum atomic E-state index is -3.66. The van der Waals surface area contributed by atoms with Gasteiger partial charge in [0.2, 0.25) is 15.9 Å². The number of nitrogens with zero attached hydrogens (tertiary/aromatic N) is 3. The minimum Gasteiger partial charge on any atom is -0.369 e. The number of piperazine rings is 1. The van der Waals surface area contributed by atoms with Crippen LogP contribution < -0.4 is 14.5 Å². The van der Waals surface area contributed by atoms with E-state index in [0.29, 0.717) is 11.4 Å². The Labute approximate surface area is 185 Å². The molecule has 0 saturated carbocycles. The highest BCUT2D eigenvalue weighted by atomic mass is 32.2. The van der Waals surface area contributed by atoms with Gasteiger partial charge in [-0.1, -0.05) is 12.1 Å². The number of likely N-dealkylation sites (N-methyl/N-ethyl adjacent to an activating group) is 1. The number of rotatable bonds is 6. The first kappa shape index (κ1) is 23.1. The average molecular weight is 445 g/mol. The third-order valence-electron chi connectivity index (χ3n) is 5.69. The van der Waals surface area contributed by atoms with Gasteiger partial charge in [-0.3, -0.25) is 9.10 Å². The summed E-state index contributed by atoms with van der Waals surface area (Å²) in [6.45, 7) is 9.34. The lowest BCUT2D eigenvalue weighted by molar-refractivity contribution is -0.116. The van der Waals surface area contributed by atoms with Gasteiger partial charge in [0, 0.05) is 37.6 Å². The largest absolute Gasteiger partial charge is 0.369 e. The second kappa shape index (κ2) is 9.28. The second-order valence-electron chi connectivity index (χ2n) is 8.35. The van der Waals surface area contributed by atoms with E-state index in [2.05, 4.69) is 22.2 Å². The van der Waals surface area contributed by atoms with Crippen molar-refractivity contribution >= 4 is 33.0 Å². The zero-order valence-electron chi connectivity index (χ0n) is 18.9. The summed E-state index contributed by atoms with van der Waals surface area (Å²) in [5.41, 5.74) is 4.01. The van der Waals surface area contributed by atoms with E-state index < -0.39 is 16.1 Å². The summed E-state index contributed by atoms with van der Waals surface area (Å²) < 4.78 is 26.3. The summed E-state index contributed by atoms with van der Waals surface area (Å²) in [5.74, 6) is -0.376. The van der Waals surface area contributed by atoms with Crippen LogP contribution in [0, 0.1) is 13.8 Å². The summed E-state index contributed by atoms with van der Waals surface area (Å²) in [6, 6.07) is 12.4. The third-order valence-corrected chi connectivity index (χ3v) is 6.92. The topological polar surface area (TPSA) is 73.0 Å². The zero-order valence-corrected chi connectivity index (χ0v) is 19.7.